The van der Waals surface area contributed by atoms with Gasteiger partial charge in [0.05, 0.1) is 11.1 Å². The van der Waals surface area contributed by atoms with E-state index in [9.17, 15) is 9.59 Å². The van der Waals surface area contributed by atoms with Crippen molar-refractivity contribution in [3.63, 3.8) is 0 Å². The Morgan fingerprint density at radius 2 is 1.83 bits per heavy atom. The van der Waals surface area contributed by atoms with Crippen molar-refractivity contribution in [1.29, 1.82) is 0 Å². The van der Waals surface area contributed by atoms with Crippen LogP contribution in [0, 0.1) is 0 Å². The van der Waals surface area contributed by atoms with Gasteiger partial charge in [-0.15, -0.1) is 0 Å². The molecule has 0 bridgehead atoms. The molecule has 2 heterocycles. The van der Waals surface area contributed by atoms with Crippen LogP contribution in [0.5, 0.6) is 0 Å². The number of nitrogens with zero attached hydrogens (tertiary/aromatic N) is 2. The summed E-state index contributed by atoms with van der Waals surface area (Å²) in [6.45, 7) is 1.23. The lowest BCUT2D eigenvalue weighted by Crippen LogP contribution is -2.35. The maximum atomic E-state index is 12.4. The van der Waals surface area contributed by atoms with Crippen molar-refractivity contribution in [3.05, 3.63) is 41.0 Å². The number of hydrogen-bond acceptors (Lipinski definition) is 4. The van der Waals surface area contributed by atoms with Crippen LogP contribution in [0.25, 0.3) is 10.9 Å². The molecule has 0 unspecified atom stereocenters. The Morgan fingerprint density at radius 1 is 1.12 bits per heavy atom. The third-order valence-electron chi connectivity index (χ3n) is 4.19. The molecule has 3 rings (SSSR count). The van der Waals surface area contributed by atoms with Crippen LogP contribution in [0.15, 0.2) is 30.3 Å². The van der Waals surface area contributed by atoms with Crippen LogP contribution < -0.4 is 0 Å². The van der Waals surface area contributed by atoms with E-state index in [0.29, 0.717) is 16.5 Å². The summed E-state index contributed by atoms with van der Waals surface area (Å²) in [6, 6.07) is 8.68. The van der Waals surface area contributed by atoms with E-state index in [1.807, 2.05) is 12.1 Å². The van der Waals surface area contributed by atoms with Crippen molar-refractivity contribution in [2.75, 3.05) is 19.7 Å². The van der Waals surface area contributed by atoms with Gasteiger partial charge in [-0.1, -0.05) is 42.6 Å². The molecule has 1 aromatic heterocycles. The van der Waals surface area contributed by atoms with E-state index in [4.69, 9.17) is 16.3 Å². The van der Waals surface area contributed by atoms with E-state index < -0.39 is 5.97 Å². The Labute approximate surface area is 145 Å². The van der Waals surface area contributed by atoms with Gasteiger partial charge in [0.2, 0.25) is 0 Å². The minimum atomic E-state index is -0.557. The molecule has 5 nitrogen and oxygen atoms in total. The molecule has 0 radical (unpaired) electrons. The maximum absolute atomic E-state index is 12.4. The van der Waals surface area contributed by atoms with E-state index in [1.54, 1.807) is 17.0 Å². The zero-order chi connectivity index (χ0) is 16.9. The van der Waals surface area contributed by atoms with Gasteiger partial charge in [0.25, 0.3) is 5.91 Å². The van der Waals surface area contributed by atoms with E-state index >= 15 is 0 Å². The number of carbonyl (C=O) groups excluding carboxylic acids is 2. The van der Waals surface area contributed by atoms with Gasteiger partial charge in [-0.05, 0) is 25.0 Å². The molecule has 2 aromatic rings. The second kappa shape index (κ2) is 7.62. The Bertz CT molecular complexity index is 755. The first-order valence-electron chi connectivity index (χ1n) is 8.15. The lowest BCUT2D eigenvalue weighted by molar-refractivity contribution is -0.134. The molecule has 0 aliphatic carbocycles. The van der Waals surface area contributed by atoms with Crippen LogP contribution in [0.4, 0.5) is 0 Å². The molecule has 6 heteroatoms. The van der Waals surface area contributed by atoms with Crippen molar-refractivity contribution in [1.82, 2.24) is 9.88 Å². The van der Waals surface area contributed by atoms with Crippen molar-refractivity contribution >= 4 is 34.4 Å². The molecule has 0 atom stereocenters. The highest BCUT2D eigenvalue weighted by atomic mass is 35.5. The van der Waals surface area contributed by atoms with Crippen molar-refractivity contribution in [2.24, 2.45) is 0 Å². The smallest absolute Gasteiger partial charge is 0.339 e. The fraction of sp³-hybridized carbons (Fsp3) is 0.389. The van der Waals surface area contributed by atoms with Crippen LogP contribution in [0.2, 0.25) is 5.15 Å². The number of hydrogen-bond donors (Lipinski definition) is 0. The molecular weight excluding hydrogens is 328 g/mol. The number of aromatic nitrogens is 1. The largest absolute Gasteiger partial charge is 0.452 e. The molecule has 1 aliphatic heterocycles. The average molecular weight is 347 g/mol. The summed E-state index contributed by atoms with van der Waals surface area (Å²) in [7, 11) is 0. The molecule has 1 saturated heterocycles. The van der Waals surface area contributed by atoms with Crippen molar-refractivity contribution < 1.29 is 14.3 Å². The van der Waals surface area contributed by atoms with Crippen molar-refractivity contribution in [3.8, 4) is 0 Å². The number of carbonyl (C=O) groups is 2. The number of para-hydroxylation sites is 1. The summed E-state index contributed by atoms with van der Waals surface area (Å²) < 4.78 is 5.23. The highest BCUT2D eigenvalue weighted by Gasteiger charge is 2.19. The first-order valence-corrected chi connectivity index (χ1v) is 8.53. The molecule has 1 amide bonds. The highest BCUT2D eigenvalue weighted by Crippen LogP contribution is 2.21. The van der Waals surface area contributed by atoms with Crippen LogP contribution in [0.1, 0.15) is 36.0 Å². The van der Waals surface area contributed by atoms with Crippen LogP contribution in [-0.4, -0.2) is 41.5 Å². The summed E-state index contributed by atoms with van der Waals surface area (Å²) in [5.74, 6) is -0.701. The first-order chi connectivity index (χ1) is 11.6. The summed E-state index contributed by atoms with van der Waals surface area (Å²) in [5, 5.41) is 0.883. The molecule has 1 aromatic carbocycles. The second-order valence-corrected chi connectivity index (χ2v) is 6.27. The summed E-state index contributed by atoms with van der Waals surface area (Å²) in [6.07, 6.45) is 4.30. The molecule has 0 spiro atoms. The van der Waals surface area contributed by atoms with Crippen LogP contribution >= 0.6 is 11.6 Å². The second-order valence-electron chi connectivity index (χ2n) is 5.88. The van der Waals surface area contributed by atoms with Gasteiger partial charge in [0.1, 0.15) is 5.15 Å². The van der Waals surface area contributed by atoms with Gasteiger partial charge >= 0.3 is 5.97 Å². The van der Waals surface area contributed by atoms with Crippen LogP contribution in [-0.2, 0) is 9.53 Å². The molecule has 0 N–H and O–H groups in total. The molecule has 1 fully saturated rings. The number of rotatable bonds is 3. The van der Waals surface area contributed by atoms with Crippen LogP contribution in [0.3, 0.4) is 0 Å². The summed E-state index contributed by atoms with van der Waals surface area (Å²) in [5.41, 5.74) is 0.949. The fourth-order valence-corrected chi connectivity index (χ4v) is 3.13. The van der Waals surface area contributed by atoms with E-state index in [0.717, 1.165) is 38.8 Å². The molecular formula is C18H19ClN2O3. The zero-order valence-corrected chi connectivity index (χ0v) is 14.1. The predicted octanol–water partition coefficient (Wildman–Crippen LogP) is 3.45. The van der Waals surface area contributed by atoms with E-state index in [-0.39, 0.29) is 17.7 Å². The van der Waals surface area contributed by atoms with Gasteiger partial charge in [-0.3, -0.25) is 4.79 Å². The average Bonchev–Trinajstić information content (AvgIpc) is 2.88. The quantitative estimate of drug-likeness (QED) is 0.631. The first kappa shape index (κ1) is 16.7. The number of likely N-dealkylation sites (tertiary alicyclic amines) is 1. The standard InChI is InChI=1S/C18H19ClN2O3/c19-16-11-14(13-7-3-4-8-15(13)20-16)18(23)24-12-17(22)21-9-5-1-2-6-10-21/h3-4,7-8,11H,1-2,5-6,9-10,12H2. The number of ether oxygens (including phenoxy) is 1. The highest BCUT2D eigenvalue weighted by molar-refractivity contribution is 6.30. The Hall–Kier alpha value is -2.14. The number of esters is 1. The minimum absolute atomic E-state index is 0.144. The topological polar surface area (TPSA) is 59.5 Å². The normalized spacial score (nSPS) is 15.1. The van der Waals surface area contributed by atoms with Gasteiger partial charge in [-0.25, -0.2) is 9.78 Å². The predicted molar refractivity (Wildman–Crippen MR) is 92.1 cm³/mol. The monoisotopic (exact) mass is 346 g/mol. The lowest BCUT2D eigenvalue weighted by atomic mass is 10.1. The zero-order valence-electron chi connectivity index (χ0n) is 13.3. The Kier molecular flexibility index (Phi) is 5.30. The third-order valence-corrected chi connectivity index (χ3v) is 4.38. The van der Waals surface area contributed by atoms with Gasteiger partial charge in [0, 0.05) is 18.5 Å². The van der Waals surface area contributed by atoms with Gasteiger partial charge < -0.3 is 9.64 Å². The lowest BCUT2D eigenvalue weighted by Gasteiger charge is -2.20. The summed E-state index contributed by atoms with van der Waals surface area (Å²) in [4.78, 5) is 30.6. The molecule has 1 aliphatic rings. The van der Waals surface area contributed by atoms with Gasteiger partial charge in [-0.2, -0.15) is 0 Å². The number of fused-ring (bicyclic) bond motifs is 1. The maximum Gasteiger partial charge on any atom is 0.339 e. The van der Waals surface area contributed by atoms with E-state index in [2.05, 4.69) is 4.98 Å². The molecule has 24 heavy (non-hydrogen) atoms. The van der Waals surface area contributed by atoms with Crippen molar-refractivity contribution in [2.45, 2.75) is 25.7 Å². The van der Waals surface area contributed by atoms with Gasteiger partial charge in [0.15, 0.2) is 6.61 Å². The third kappa shape index (κ3) is 3.85. The summed E-state index contributed by atoms with van der Waals surface area (Å²) >= 11 is 5.98. The number of benzene rings is 1. The SMILES string of the molecule is O=C(OCC(=O)N1CCCCCC1)c1cc(Cl)nc2ccccc12. The Morgan fingerprint density at radius 3 is 2.58 bits per heavy atom. The number of pyridine rings is 1. The van der Waals surface area contributed by atoms with E-state index in [1.165, 1.54) is 6.07 Å². The number of halogens is 1. The minimum Gasteiger partial charge on any atom is -0.452 e. The Balaban J connectivity index is 1.70. The number of amides is 1. The molecule has 0 saturated carbocycles. The fourth-order valence-electron chi connectivity index (χ4n) is 2.93. The molecule has 126 valence electrons.